The van der Waals surface area contributed by atoms with Crippen molar-refractivity contribution in [2.75, 3.05) is 26.7 Å². The number of allylic oxidation sites excluding steroid dienone is 4. The molecular formula is C33H41N5O3. The van der Waals surface area contributed by atoms with E-state index in [1.165, 1.54) is 0 Å². The normalized spacial score (nSPS) is 20.5. The largest absolute Gasteiger partial charge is 0.336 e. The Balaban J connectivity index is 1.64. The fraction of sp³-hybridized carbons (Fsp3) is 0.364. The quantitative estimate of drug-likeness (QED) is 0.432. The molecule has 4 rings (SSSR count). The number of hydrogen-bond acceptors (Lipinski definition) is 4. The molecule has 8 heteroatoms. The minimum absolute atomic E-state index is 0.0297. The Morgan fingerprint density at radius 3 is 2.41 bits per heavy atom. The summed E-state index contributed by atoms with van der Waals surface area (Å²) in [5.74, 6) is -0.376. The number of nitrogens with one attached hydrogen (secondary N) is 1. The van der Waals surface area contributed by atoms with E-state index in [0.717, 1.165) is 23.1 Å². The summed E-state index contributed by atoms with van der Waals surface area (Å²) in [6.45, 7) is 9.30. The van der Waals surface area contributed by atoms with Crippen LogP contribution in [0.25, 0.3) is 0 Å². The van der Waals surface area contributed by atoms with Crippen LogP contribution in [0.4, 0.5) is 4.79 Å². The topological polar surface area (TPSA) is 76.2 Å². The Morgan fingerprint density at radius 1 is 1.07 bits per heavy atom. The van der Waals surface area contributed by atoms with Gasteiger partial charge in [-0.3, -0.25) is 9.59 Å². The molecule has 0 bridgehead atoms. The van der Waals surface area contributed by atoms with Gasteiger partial charge in [-0.15, -0.1) is 0 Å². The summed E-state index contributed by atoms with van der Waals surface area (Å²) in [7, 11) is 1.74. The van der Waals surface area contributed by atoms with Crippen LogP contribution in [0.5, 0.6) is 0 Å². The van der Waals surface area contributed by atoms with Crippen LogP contribution in [0.3, 0.4) is 0 Å². The van der Waals surface area contributed by atoms with E-state index < -0.39 is 12.2 Å². The number of rotatable bonds is 10. The van der Waals surface area contributed by atoms with Gasteiger partial charge in [0.2, 0.25) is 11.8 Å². The zero-order valence-electron chi connectivity index (χ0n) is 24.3. The molecule has 2 aliphatic heterocycles. The fourth-order valence-electron chi connectivity index (χ4n) is 5.62. The van der Waals surface area contributed by atoms with Crippen molar-refractivity contribution in [3.8, 4) is 0 Å². The number of hydrazine groups is 1. The number of benzene rings is 2. The molecule has 0 aromatic heterocycles. The van der Waals surface area contributed by atoms with Crippen molar-refractivity contribution in [2.24, 2.45) is 0 Å². The van der Waals surface area contributed by atoms with Crippen LogP contribution in [0, 0.1) is 0 Å². The molecule has 3 atom stereocenters. The summed E-state index contributed by atoms with van der Waals surface area (Å²) < 4.78 is 0. The molecule has 0 spiro atoms. The Labute approximate surface area is 243 Å². The van der Waals surface area contributed by atoms with Crippen LogP contribution in [0.2, 0.25) is 0 Å². The van der Waals surface area contributed by atoms with Gasteiger partial charge in [-0.25, -0.2) is 14.8 Å². The predicted molar refractivity (Wildman–Crippen MR) is 161 cm³/mol. The molecule has 0 saturated carbocycles. The van der Waals surface area contributed by atoms with E-state index in [4.69, 9.17) is 0 Å². The summed E-state index contributed by atoms with van der Waals surface area (Å²) in [5, 5.41) is 6.27. The molecule has 4 amide bonds. The monoisotopic (exact) mass is 555 g/mol. The van der Waals surface area contributed by atoms with Crippen molar-refractivity contribution < 1.29 is 14.4 Å². The van der Waals surface area contributed by atoms with Crippen LogP contribution in [-0.4, -0.2) is 76.6 Å². The van der Waals surface area contributed by atoms with Crippen LogP contribution in [-0.2, 0) is 16.1 Å². The average molecular weight is 556 g/mol. The smallest absolute Gasteiger partial charge is 0.334 e. The minimum Gasteiger partial charge on any atom is -0.336 e. The lowest BCUT2D eigenvalue weighted by Crippen LogP contribution is -2.76. The zero-order chi connectivity index (χ0) is 29.4. The first kappa shape index (κ1) is 29.8. The number of fused-ring (bicyclic) bond motifs is 1. The Bertz CT molecular complexity index is 1280. The van der Waals surface area contributed by atoms with Gasteiger partial charge in [0.05, 0.1) is 13.1 Å². The average Bonchev–Trinajstić information content (AvgIpc) is 2.97. The van der Waals surface area contributed by atoms with Crippen molar-refractivity contribution in [2.45, 2.75) is 51.4 Å². The molecule has 41 heavy (non-hydrogen) atoms. The van der Waals surface area contributed by atoms with E-state index in [1.807, 2.05) is 104 Å². The van der Waals surface area contributed by atoms with E-state index in [1.54, 1.807) is 22.0 Å². The van der Waals surface area contributed by atoms with Crippen molar-refractivity contribution in [3.05, 3.63) is 108 Å². The van der Waals surface area contributed by atoms with Crippen LogP contribution >= 0.6 is 0 Å². The highest BCUT2D eigenvalue weighted by atomic mass is 16.2. The third kappa shape index (κ3) is 6.95. The van der Waals surface area contributed by atoms with Gasteiger partial charge in [0.15, 0.2) is 0 Å². The summed E-state index contributed by atoms with van der Waals surface area (Å²) in [4.78, 5) is 44.4. The Morgan fingerprint density at radius 2 is 1.76 bits per heavy atom. The van der Waals surface area contributed by atoms with Crippen molar-refractivity contribution in [1.82, 2.24) is 25.1 Å². The molecule has 216 valence electrons. The molecular weight excluding hydrogens is 514 g/mol. The van der Waals surface area contributed by atoms with Gasteiger partial charge in [-0.1, -0.05) is 105 Å². The summed E-state index contributed by atoms with van der Waals surface area (Å²) >= 11 is 0. The second-order valence-electron chi connectivity index (χ2n) is 10.6. The highest BCUT2D eigenvalue weighted by Gasteiger charge is 2.50. The van der Waals surface area contributed by atoms with E-state index in [-0.39, 0.29) is 36.9 Å². The summed E-state index contributed by atoms with van der Waals surface area (Å²) in [5.41, 5.74) is 2.91. The first-order valence-electron chi connectivity index (χ1n) is 14.3. The number of hydrogen-bond donors (Lipinski definition) is 1. The number of carbonyl (C=O) groups is 3. The lowest BCUT2D eigenvalue weighted by molar-refractivity contribution is -0.187. The highest BCUT2D eigenvalue weighted by Crippen LogP contribution is 2.32. The molecule has 8 nitrogen and oxygen atoms in total. The van der Waals surface area contributed by atoms with Crippen LogP contribution in [0.15, 0.2) is 97.1 Å². The molecule has 2 heterocycles. The zero-order valence-corrected chi connectivity index (χ0v) is 24.3. The molecule has 2 aliphatic rings. The van der Waals surface area contributed by atoms with Crippen molar-refractivity contribution >= 4 is 17.8 Å². The number of urea groups is 1. The lowest BCUT2D eigenvalue weighted by Gasteiger charge is -2.54. The molecule has 0 radical (unpaired) electrons. The third-order valence-electron chi connectivity index (χ3n) is 7.66. The Kier molecular flexibility index (Phi) is 10.1. The van der Waals surface area contributed by atoms with E-state index in [0.29, 0.717) is 19.5 Å². The number of amides is 4. The highest BCUT2D eigenvalue weighted by molar-refractivity contribution is 5.91. The third-order valence-corrected chi connectivity index (χ3v) is 7.66. The minimum atomic E-state index is -0.632. The van der Waals surface area contributed by atoms with E-state index >= 15 is 0 Å². The second kappa shape index (κ2) is 13.9. The maximum absolute atomic E-state index is 14.0. The standard InChI is InChI=1S/C33H41N5O3/c1-5-7-10-16-25(3)28(27-19-13-9-14-20-27)22-36-23-30-37(29(15-6-2)32(36)40)31(39)24-35(4)38(30)33(41)34-21-26-17-11-8-12-18-26/h5,7-14,16-20,28-30H,3,6,15,21-24H2,1-2,4H3,(H,34,41)/b7-5-,16-10-/t28?,29-,30-/m0/s1. The first-order valence-corrected chi connectivity index (χ1v) is 14.3. The first-order chi connectivity index (χ1) is 19.8. The summed E-state index contributed by atoms with van der Waals surface area (Å²) in [6.07, 6.45) is 8.47. The van der Waals surface area contributed by atoms with Gasteiger partial charge in [0.1, 0.15) is 12.2 Å². The van der Waals surface area contributed by atoms with Gasteiger partial charge in [-0.05, 0) is 30.0 Å². The van der Waals surface area contributed by atoms with E-state index in [2.05, 4.69) is 11.9 Å². The molecule has 2 aromatic carbocycles. The number of piperazine rings is 1. The van der Waals surface area contributed by atoms with Gasteiger partial charge in [0, 0.05) is 26.1 Å². The van der Waals surface area contributed by atoms with Crippen molar-refractivity contribution in [1.29, 1.82) is 0 Å². The fourth-order valence-corrected chi connectivity index (χ4v) is 5.62. The lowest BCUT2D eigenvalue weighted by atomic mass is 9.90. The van der Waals surface area contributed by atoms with Gasteiger partial charge in [-0.2, -0.15) is 0 Å². The molecule has 1 N–H and O–H groups in total. The summed E-state index contributed by atoms with van der Waals surface area (Å²) in [6, 6.07) is 18.8. The van der Waals surface area contributed by atoms with Crippen LogP contribution in [0.1, 0.15) is 43.7 Å². The second-order valence-corrected chi connectivity index (χ2v) is 10.6. The van der Waals surface area contributed by atoms with Crippen molar-refractivity contribution in [3.63, 3.8) is 0 Å². The SMILES string of the molecule is C=C(/C=C\C=C/C)C(CN1C[C@H]2N(C(=O)CN(C)N2C(=O)NCc2ccccc2)[C@@H](CCC)C1=O)c1ccccc1. The maximum atomic E-state index is 14.0. The number of carbonyl (C=O) groups excluding carboxylic acids is 3. The molecule has 1 unspecified atom stereocenters. The Hall–Kier alpha value is -4.17. The predicted octanol–water partition coefficient (Wildman–Crippen LogP) is 4.70. The number of likely N-dealkylation sites (N-methyl/N-ethyl adjacent to an activating group) is 1. The molecule has 2 aromatic rings. The van der Waals surface area contributed by atoms with Gasteiger partial charge in [0.25, 0.3) is 0 Å². The molecule has 0 aliphatic carbocycles. The maximum Gasteiger partial charge on any atom is 0.334 e. The van der Waals surface area contributed by atoms with Crippen LogP contribution < -0.4 is 5.32 Å². The molecule has 2 saturated heterocycles. The number of nitrogens with zero attached hydrogens (tertiary/aromatic N) is 4. The van der Waals surface area contributed by atoms with Gasteiger partial charge >= 0.3 is 6.03 Å². The van der Waals surface area contributed by atoms with E-state index in [9.17, 15) is 14.4 Å². The molecule has 2 fully saturated rings. The van der Waals surface area contributed by atoms with Gasteiger partial charge < -0.3 is 15.1 Å².